The van der Waals surface area contributed by atoms with Crippen LogP contribution in [0.15, 0.2) is 27.4 Å². The lowest BCUT2D eigenvalue weighted by molar-refractivity contribution is 0.338. The molecule has 0 bridgehead atoms. The molecular formula is C9H8BrNO2. The number of para-hydroxylation sites is 1. The standard InChI is InChI=1S/C9H8BrNO2/c1-2-12-7-5-3-4-6-8(7)13-9(10)11-6/h3-5H,2H2,1H3. The van der Waals surface area contributed by atoms with Gasteiger partial charge in [0.2, 0.25) is 0 Å². The number of hydrogen-bond donors (Lipinski definition) is 0. The maximum Gasteiger partial charge on any atom is 0.265 e. The molecule has 0 amide bonds. The first-order valence-electron chi connectivity index (χ1n) is 3.99. The fourth-order valence-corrected chi connectivity index (χ4v) is 1.52. The lowest BCUT2D eigenvalue weighted by atomic mass is 10.3. The molecule has 0 N–H and O–H groups in total. The second-order valence-corrected chi connectivity index (χ2v) is 3.18. The summed E-state index contributed by atoms with van der Waals surface area (Å²) in [6.45, 7) is 2.56. The maximum absolute atomic E-state index is 5.38. The van der Waals surface area contributed by atoms with Gasteiger partial charge in [-0.1, -0.05) is 6.07 Å². The summed E-state index contributed by atoms with van der Waals surface area (Å²) in [5, 5.41) is 0. The van der Waals surface area contributed by atoms with Crippen LogP contribution in [-0.2, 0) is 0 Å². The molecule has 0 radical (unpaired) electrons. The van der Waals surface area contributed by atoms with Gasteiger partial charge in [0.25, 0.3) is 4.80 Å². The number of oxazole rings is 1. The molecule has 2 aromatic rings. The van der Waals surface area contributed by atoms with Gasteiger partial charge >= 0.3 is 0 Å². The first-order valence-corrected chi connectivity index (χ1v) is 4.78. The topological polar surface area (TPSA) is 35.3 Å². The maximum atomic E-state index is 5.38. The Kier molecular flexibility index (Phi) is 2.22. The van der Waals surface area contributed by atoms with Gasteiger partial charge < -0.3 is 9.15 Å². The average molecular weight is 242 g/mol. The van der Waals surface area contributed by atoms with Crippen molar-refractivity contribution in [2.75, 3.05) is 6.61 Å². The van der Waals surface area contributed by atoms with Crippen LogP contribution in [0.1, 0.15) is 6.92 Å². The van der Waals surface area contributed by atoms with Crippen molar-refractivity contribution in [3.8, 4) is 5.75 Å². The molecule has 0 saturated heterocycles. The normalized spacial score (nSPS) is 10.6. The van der Waals surface area contributed by atoms with Crippen LogP contribution < -0.4 is 4.74 Å². The zero-order valence-electron chi connectivity index (χ0n) is 7.08. The Labute approximate surface area is 83.8 Å². The van der Waals surface area contributed by atoms with Crippen LogP contribution in [0.25, 0.3) is 11.1 Å². The Morgan fingerprint density at radius 2 is 2.38 bits per heavy atom. The smallest absolute Gasteiger partial charge is 0.265 e. The quantitative estimate of drug-likeness (QED) is 0.811. The second-order valence-electron chi connectivity index (χ2n) is 2.50. The molecule has 1 heterocycles. The largest absolute Gasteiger partial charge is 0.490 e. The van der Waals surface area contributed by atoms with Gasteiger partial charge in [0.1, 0.15) is 5.52 Å². The molecule has 0 aliphatic rings. The Morgan fingerprint density at radius 3 is 3.15 bits per heavy atom. The molecule has 3 nitrogen and oxygen atoms in total. The van der Waals surface area contributed by atoms with Crippen LogP contribution in [0.4, 0.5) is 0 Å². The molecule has 68 valence electrons. The zero-order chi connectivity index (χ0) is 9.26. The minimum absolute atomic E-state index is 0.481. The summed E-state index contributed by atoms with van der Waals surface area (Å²) in [5.41, 5.74) is 1.49. The van der Waals surface area contributed by atoms with Crippen molar-refractivity contribution in [1.29, 1.82) is 0 Å². The fourth-order valence-electron chi connectivity index (χ4n) is 1.17. The molecule has 2 rings (SSSR count). The van der Waals surface area contributed by atoms with Gasteiger partial charge in [-0.3, -0.25) is 0 Å². The van der Waals surface area contributed by atoms with Crippen LogP contribution >= 0.6 is 15.9 Å². The van der Waals surface area contributed by atoms with Crippen molar-refractivity contribution in [3.63, 3.8) is 0 Å². The van der Waals surface area contributed by atoms with E-state index in [0.717, 1.165) is 11.3 Å². The van der Waals surface area contributed by atoms with Gasteiger partial charge in [-0.15, -0.1) is 0 Å². The average Bonchev–Trinajstić information content (AvgIpc) is 2.47. The SMILES string of the molecule is CCOc1cccc2nc(Br)oc12. The molecule has 0 saturated carbocycles. The summed E-state index contributed by atoms with van der Waals surface area (Å²) < 4.78 is 10.7. The third kappa shape index (κ3) is 1.54. The van der Waals surface area contributed by atoms with E-state index in [1.54, 1.807) is 0 Å². The molecule has 0 unspecified atom stereocenters. The van der Waals surface area contributed by atoms with E-state index in [4.69, 9.17) is 9.15 Å². The predicted molar refractivity (Wildman–Crippen MR) is 52.9 cm³/mol. The van der Waals surface area contributed by atoms with Gasteiger partial charge in [-0.05, 0) is 19.1 Å². The van der Waals surface area contributed by atoms with Crippen molar-refractivity contribution < 1.29 is 9.15 Å². The van der Waals surface area contributed by atoms with E-state index >= 15 is 0 Å². The van der Waals surface area contributed by atoms with Crippen LogP contribution in [0.2, 0.25) is 0 Å². The summed E-state index contributed by atoms with van der Waals surface area (Å²) >= 11 is 3.18. The molecule has 1 aromatic heterocycles. The Bertz CT molecular complexity index is 424. The van der Waals surface area contributed by atoms with E-state index in [-0.39, 0.29) is 0 Å². The lowest BCUT2D eigenvalue weighted by Crippen LogP contribution is -1.90. The number of hydrogen-bond acceptors (Lipinski definition) is 3. The van der Waals surface area contributed by atoms with E-state index in [1.165, 1.54) is 0 Å². The molecular weight excluding hydrogens is 234 g/mol. The highest BCUT2D eigenvalue weighted by Gasteiger charge is 2.07. The van der Waals surface area contributed by atoms with Crippen LogP contribution in [0.3, 0.4) is 0 Å². The van der Waals surface area contributed by atoms with Gasteiger partial charge in [-0.2, -0.15) is 0 Å². The summed E-state index contributed by atoms with van der Waals surface area (Å²) in [5.74, 6) is 0.734. The lowest BCUT2D eigenvalue weighted by Gasteiger charge is -2.00. The summed E-state index contributed by atoms with van der Waals surface area (Å²) in [6, 6.07) is 5.64. The third-order valence-corrected chi connectivity index (χ3v) is 1.99. The predicted octanol–water partition coefficient (Wildman–Crippen LogP) is 2.99. The summed E-state index contributed by atoms with van der Waals surface area (Å²) in [7, 11) is 0. The highest BCUT2D eigenvalue weighted by atomic mass is 79.9. The summed E-state index contributed by atoms with van der Waals surface area (Å²) in [6.07, 6.45) is 0. The first-order chi connectivity index (χ1) is 6.31. The van der Waals surface area contributed by atoms with Crippen LogP contribution in [0, 0.1) is 0 Å². The molecule has 0 aliphatic carbocycles. The molecule has 13 heavy (non-hydrogen) atoms. The third-order valence-electron chi connectivity index (χ3n) is 1.65. The highest BCUT2D eigenvalue weighted by molar-refractivity contribution is 9.10. The van der Waals surface area contributed by atoms with Crippen molar-refractivity contribution in [3.05, 3.63) is 23.0 Å². The number of halogens is 1. The van der Waals surface area contributed by atoms with E-state index in [0.29, 0.717) is 17.0 Å². The minimum atomic E-state index is 0.481. The first kappa shape index (κ1) is 8.56. The van der Waals surface area contributed by atoms with E-state index in [2.05, 4.69) is 20.9 Å². The Hall–Kier alpha value is -1.03. The van der Waals surface area contributed by atoms with Crippen molar-refractivity contribution in [2.24, 2.45) is 0 Å². The monoisotopic (exact) mass is 241 g/mol. The number of benzene rings is 1. The Morgan fingerprint density at radius 1 is 1.54 bits per heavy atom. The highest BCUT2D eigenvalue weighted by Crippen LogP contribution is 2.27. The van der Waals surface area contributed by atoms with Crippen LogP contribution in [-0.4, -0.2) is 11.6 Å². The molecule has 0 spiro atoms. The van der Waals surface area contributed by atoms with Crippen LogP contribution in [0.5, 0.6) is 5.75 Å². The molecule has 0 fully saturated rings. The summed E-state index contributed by atoms with van der Waals surface area (Å²) in [4.78, 5) is 4.61. The van der Waals surface area contributed by atoms with Crippen molar-refractivity contribution in [2.45, 2.75) is 6.92 Å². The number of fused-ring (bicyclic) bond motifs is 1. The second kappa shape index (κ2) is 3.38. The van der Waals surface area contributed by atoms with Gasteiger partial charge in [0.05, 0.1) is 6.61 Å². The molecule has 1 aromatic carbocycles. The van der Waals surface area contributed by atoms with Gasteiger partial charge in [0, 0.05) is 15.9 Å². The molecule has 0 atom stereocenters. The number of ether oxygens (including phenoxy) is 1. The Balaban J connectivity index is 2.60. The van der Waals surface area contributed by atoms with E-state index in [9.17, 15) is 0 Å². The minimum Gasteiger partial charge on any atom is -0.490 e. The fraction of sp³-hybridized carbons (Fsp3) is 0.222. The zero-order valence-corrected chi connectivity index (χ0v) is 8.67. The number of nitrogens with zero attached hydrogens (tertiary/aromatic N) is 1. The van der Waals surface area contributed by atoms with E-state index in [1.807, 2.05) is 25.1 Å². The van der Waals surface area contributed by atoms with Crippen molar-refractivity contribution in [1.82, 2.24) is 4.98 Å². The van der Waals surface area contributed by atoms with Gasteiger partial charge in [-0.25, -0.2) is 4.98 Å². The molecule has 4 heteroatoms. The number of aromatic nitrogens is 1. The van der Waals surface area contributed by atoms with E-state index < -0.39 is 0 Å². The molecule has 0 aliphatic heterocycles. The van der Waals surface area contributed by atoms with Gasteiger partial charge in [0.15, 0.2) is 11.3 Å². The number of rotatable bonds is 2. The van der Waals surface area contributed by atoms with Crippen molar-refractivity contribution >= 4 is 27.0 Å².